The van der Waals surface area contributed by atoms with Gasteiger partial charge in [0.2, 0.25) is 5.88 Å². The van der Waals surface area contributed by atoms with E-state index in [2.05, 4.69) is 25.9 Å². The van der Waals surface area contributed by atoms with Gasteiger partial charge in [-0.3, -0.25) is 0 Å². The van der Waals surface area contributed by atoms with Crippen LogP contribution < -0.4 is 10.5 Å². The molecule has 1 aromatic heterocycles. The lowest BCUT2D eigenvalue weighted by Crippen LogP contribution is -2.01. The van der Waals surface area contributed by atoms with E-state index >= 15 is 0 Å². The van der Waals surface area contributed by atoms with Crippen molar-refractivity contribution >= 4 is 33.3 Å². The van der Waals surface area contributed by atoms with Crippen molar-refractivity contribution < 1.29 is 4.74 Å². The SMILES string of the molecule is Nc1ncnc(OCc2ccccc2Br)c1Cl. The molecular weight excluding hydrogens is 305 g/mol. The predicted octanol–water partition coefficient (Wildman–Crippen LogP) is 3.05. The first kappa shape index (κ1) is 12.1. The molecule has 0 bridgehead atoms. The normalized spacial score (nSPS) is 10.2. The van der Waals surface area contributed by atoms with Gasteiger partial charge >= 0.3 is 0 Å². The molecule has 0 fully saturated rings. The predicted molar refractivity (Wildman–Crippen MR) is 69.9 cm³/mol. The van der Waals surface area contributed by atoms with Crippen LogP contribution in [0.15, 0.2) is 35.1 Å². The highest BCUT2D eigenvalue weighted by Crippen LogP contribution is 2.26. The summed E-state index contributed by atoms with van der Waals surface area (Å²) in [5, 5.41) is 0.236. The van der Waals surface area contributed by atoms with Crippen molar-refractivity contribution in [3.05, 3.63) is 45.7 Å². The Kier molecular flexibility index (Phi) is 3.81. The summed E-state index contributed by atoms with van der Waals surface area (Å²) in [4.78, 5) is 7.68. The van der Waals surface area contributed by atoms with Crippen LogP contribution in [0.5, 0.6) is 5.88 Å². The van der Waals surface area contributed by atoms with Gasteiger partial charge in [0.15, 0.2) is 0 Å². The number of anilines is 1. The Morgan fingerprint density at radius 2 is 2.06 bits per heavy atom. The first-order valence-electron chi connectivity index (χ1n) is 4.80. The van der Waals surface area contributed by atoms with Gasteiger partial charge in [-0.15, -0.1) is 0 Å². The Morgan fingerprint density at radius 3 is 2.82 bits per heavy atom. The number of rotatable bonds is 3. The number of hydrogen-bond acceptors (Lipinski definition) is 4. The smallest absolute Gasteiger partial charge is 0.238 e. The fourth-order valence-electron chi connectivity index (χ4n) is 1.23. The number of hydrogen-bond donors (Lipinski definition) is 1. The molecule has 0 radical (unpaired) electrons. The number of benzene rings is 1. The van der Waals surface area contributed by atoms with E-state index in [-0.39, 0.29) is 16.7 Å². The zero-order chi connectivity index (χ0) is 12.3. The molecule has 1 aromatic carbocycles. The van der Waals surface area contributed by atoms with Crippen molar-refractivity contribution in [3.63, 3.8) is 0 Å². The van der Waals surface area contributed by atoms with Crippen LogP contribution in [-0.4, -0.2) is 9.97 Å². The maximum absolute atomic E-state index is 5.91. The molecule has 0 saturated heterocycles. The molecule has 2 rings (SSSR count). The Labute approximate surface area is 112 Å². The van der Waals surface area contributed by atoms with E-state index in [1.165, 1.54) is 6.33 Å². The fourth-order valence-corrected chi connectivity index (χ4v) is 1.78. The minimum Gasteiger partial charge on any atom is -0.472 e. The number of nitrogen functional groups attached to an aromatic ring is 1. The lowest BCUT2D eigenvalue weighted by Gasteiger charge is -2.08. The Morgan fingerprint density at radius 1 is 1.29 bits per heavy atom. The van der Waals surface area contributed by atoms with E-state index in [0.29, 0.717) is 6.61 Å². The number of aromatic nitrogens is 2. The third-order valence-corrected chi connectivity index (χ3v) is 3.24. The first-order chi connectivity index (χ1) is 8.18. The summed E-state index contributed by atoms with van der Waals surface area (Å²) in [7, 11) is 0. The topological polar surface area (TPSA) is 61.0 Å². The van der Waals surface area contributed by atoms with Crippen LogP contribution in [0.2, 0.25) is 5.02 Å². The minimum absolute atomic E-state index is 0.212. The average molecular weight is 315 g/mol. The van der Waals surface area contributed by atoms with Gasteiger partial charge in [0.05, 0.1) is 0 Å². The lowest BCUT2D eigenvalue weighted by molar-refractivity contribution is 0.293. The molecule has 2 N–H and O–H groups in total. The van der Waals surface area contributed by atoms with Gasteiger partial charge in [-0.05, 0) is 6.07 Å². The quantitative estimate of drug-likeness (QED) is 0.946. The number of ether oxygens (including phenoxy) is 1. The molecule has 0 aliphatic carbocycles. The van der Waals surface area contributed by atoms with E-state index in [4.69, 9.17) is 22.1 Å². The standard InChI is InChI=1S/C11H9BrClN3O/c12-8-4-2-1-3-7(8)5-17-11-9(13)10(14)15-6-16-11/h1-4,6H,5H2,(H2,14,15,16). The molecule has 0 aliphatic rings. The molecule has 2 aromatic rings. The van der Waals surface area contributed by atoms with Crippen molar-refractivity contribution in [2.45, 2.75) is 6.61 Å². The molecule has 17 heavy (non-hydrogen) atoms. The number of nitrogens with two attached hydrogens (primary N) is 1. The van der Waals surface area contributed by atoms with Gasteiger partial charge in [-0.1, -0.05) is 45.7 Å². The van der Waals surface area contributed by atoms with E-state index < -0.39 is 0 Å². The van der Waals surface area contributed by atoms with Crippen LogP contribution >= 0.6 is 27.5 Å². The van der Waals surface area contributed by atoms with Gasteiger partial charge in [0.25, 0.3) is 0 Å². The fraction of sp³-hybridized carbons (Fsp3) is 0.0909. The second-order valence-corrected chi connectivity index (χ2v) is 4.49. The Balaban J connectivity index is 2.13. The van der Waals surface area contributed by atoms with Gasteiger partial charge in [-0.2, -0.15) is 0 Å². The summed E-state index contributed by atoms with van der Waals surface area (Å²) in [5.41, 5.74) is 6.55. The number of nitrogens with zero attached hydrogens (tertiary/aromatic N) is 2. The summed E-state index contributed by atoms with van der Waals surface area (Å²) < 4.78 is 6.46. The third-order valence-electron chi connectivity index (χ3n) is 2.11. The van der Waals surface area contributed by atoms with E-state index in [9.17, 15) is 0 Å². The van der Waals surface area contributed by atoms with Gasteiger partial charge in [0.1, 0.15) is 23.8 Å². The molecule has 6 heteroatoms. The molecule has 1 heterocycles. The van der Waals surface area contributed by atoms with Crippen LogP contribution in [-0.2, 0) is 6.61 Å². The molecular formula is C11H9BrClN3O. The van der Waals surface area contributed by atoms with Gasteiger partial charge in [0, 0.05) is 10.0 Å². The molecule has 88 valence electrons. The van der Waals surface area contributed by atoms with Crippen LogP contribution in [0.3, 0.4) is 0 Å². The second-order valence-electron chi connectivity index (χ2n) is 3.26. The highest BCUT2D eigenvalue weighted by Gasteiger charge is 2.08. The van der Waals surface area contributed by atoms with Crippen LogP contribution in [0.4, 0.5) is 5.82 Å². The summed E-state index contributed by atoms with van der Waals surface area (Å²) in [6.07, 6.45) is 1.32. The summed E-state index contributed by atoms with van der Waals surface area (Å²) >= 11 is 9.34. The highest BCUT2D eigenvalue weighted by molar-refractivity contribution is 9.10. The van der Waals surface area contributed by atoms with Crippen molar-refractivity contribution in [2.75, 3.05) is 5.73 Å². The maximum Gasteiger partial charge on any atom is 0.238 e. The van der Waals surface area contributed by atoms with Gasteiger partial charge in [-0.25, -0.2) is 9.97 Å². The second kappa shape index (κ2) is 5.33. The van der Waals surface area contributed by atoms with E-state index in [0.717, 1.165) is 10.0 Å². The summed E-state index contributed by atoms with van der Waals surface area (Å²) in [6.45, 7) is 0.359. The van der Waals surface area contributed by atoms with E-state index in [1.54, 1.807) is 0 Å². The molecule has 4 nitrogen and oxygen atoms in total. The Bertz CT molecular complexity index is 536. The van der Waals surface area contributed by atoms with Crippen molar-refractivity contribution in [3.8, 4) is 5.88 Å². The Hall–Kier alpha value is -1.33. The summed E-state index contributed by atoms with van der Waals surface area (Å²) in [6, 6.07) is 7.75. The molecule has 0 saturated carbocycles. The molecule has 0 unspecified atom stereocenters. The summed E-state index contributed by atoms with van der Waals surface area (Å²) in [5.74, 6) is 0.499. The van der Waals surface area contributed by atoms with Crippen molar-refractivity contribution in [2.24, 2.45) is 0 Å². The molecule has 0 amide bonds. The maximum atomic E-state index is 5.91. The van der Waals surface area contributed by atoms with Crippen molar-refractivity contribution in [1.29, 1.82) is 0 Å². The number of halogens is 2. The van der Waals surface area contributed by atoms with Gasteiger partial charge < -0.3 is 10.5 Å². The highest BCUT2D eigenvalue weighted by atomic mass is 79.9. The average Bonchev–Trinajstić information content (AvgIpc) is 2.33. The zero-order valence-corrected chi connectivity index (χ0v) is 11.1. The zero-order valence-electron chi connectivity index (χ0n) is 8.73. The first-order valence-corrected chi connectivity index (χ1v) is 5.97. The largest absolute Gasteiger partial charge is 0.472 e. The molecule has 0 aliphatic heterocycles. The monoisotopic (exact) mass is 313 g/mol. The van der Waals surface area contributed by atoms with E-state index in [1.807, 2.05) is 24.3 Å². The molecule has 0 atom stereocenters. The van der Waals surface area contributed by atoms with Crippen LogP contribution in [0, 0.1) is 0 Å². The van der Waals surface area contributed by atoms with Crippen LogP contribution in [0.1, 0.15) is 5.56 Å². The lowest BCUT2D eigenvalue weighted by atomic mass is 10.2. The molecule has 0 spiro atoms. The van der Waals surface area contributed by atoms with Crippen molar-refractivity contribution in [1.82, 2.24) is 9.97 Å². The third kappa shape index (κ3) is 2.87. The van der Waals surface area contributed by atoms with Crippen LogP contribution in [0.25, 0.3) is 0 Å². The minimum atomic E-state index is 0.212.